The van der Waals surface area contributed by atoms with Crippen molar-refractivity contribution >= 4 is 0 Å². The van der Waals surface area contributed by atoms with Crippen molar-refractivity contribution in [2.24, 2.45) is 27.6 Å². The molecule has 0 radical (unpaired) electrons. The monoisotopic (exact) mass is 490 g/mol. The van der Waals surface area contributed by atoms with Gasteiger partial charge in [-0.15, -0.1) is 0 Å². The molecule has 0 saturated carbocycles. The maximum atomic E-state index is 10.6. The molecule has 34 heavy (non-hydrogen) atoms. The zero-order valence-corrected chi connectivity index (χ0v) is 24.1. The Bertz CT molecular complexity index is 546. The minimum absolute atomic E-state index is 0.253. The first-order valence-electron chi connectivity index (χ1n) is 13.1. The second-order valence-electron chi connectivity index (χ2n) is 14.1. The first kappa shape index (κ1) is 33.8. The van der Waals surface area contributed by atoms with Crippen molar-refractivity contribution in [3.8, 4) is 0 Å². The van der Waals surface area contributed by atoms with E-state index in [1.165, 1.54) is 0 Å². The first-order chi connectivity index (χ1) is 15.2. The zero-order chi connectivity index (χ0) is 27.0. The molecule has 0 spiro atoms. The smallest absolute Gasteiger partial charge is 0.0637 e. The van der Waals surface area contributed by atoms with Gasteiger partial charge in [0.1, 0.15) is 0 Å². The number of rotatable bonds is 16. The Kier molecular flexibility index (Phi) is 13.8. The molecule has 206 valence electrons. The summed E-state index contributed by atoms with van der Waals surface area (Å²) in [5, 5.41) is 41.7. The molecule has 0 saturated heterocycles. The van der Waals surface area contributed by atoms with E-state index in [-0.39, 0.29) is 10.8 Å². The van der Waals surface area contributed by atoms with Gasteiger partial charge in [-0.25, -0.2) is 0 Å². The molecule has 0 aliphatic carbocycles. The van der Waals surface area contributed by atoms with Crippen LogP contribution >= 0.6 is 0 Å². The van der Waals surface area contributed by atoms with E-state index in [0.717, 1.165) is 12.8 Å². The fraction of sp³-hybridized carbons (Fsp3) is 1.00. The summed E-state index contributed by atoms with van der Waals surface area (Å²) in [4.78, 5) is 0. The summed E-state index contributed by atoms with van der Waals surface area (Å²) < 4.78 is 11.8. The Morgan fingerprint density at radius 2 is 0.971 bits per heavy atom. The van der Waals surface area contributed by atoms with Gasteiger partial charge in [0.2, 0.25) is 0 Å². The quantitative estimate of drug-likeness (QED) is 0.232. The predicted octanol–water partition coefficient (Wildman–Crippen LogP) is 4.80. The van der Waals surface area contributed by atoms with Crippen LogP contribution in [-0.4, -0.2) is 71.3 Å². The van der Waals surface area contributed by atoms with Crippen LogP contribution in [0.2, 0.25) is 0 Å². The molecule has 6 heteroatoms. The molecule has 5 atom stereocenters. The zero-order valence-electron chi connectivity index (χ0n) is 24.1. The van der Waals surface area contributed by atoms with Crippen molar-refractivity contribution in [2.75, 3.05) is 26.4 Å². The molecule has 0 amide bonds. The molecule has 5 unspecified atom stereocenters. The van der Waals surface area contributed by atoms with Gasteiger partial charge in [-0.2, -0.15) is 0 Å². The van der Waals surface area contributed by atoms with E-state index in [9.17, 15) is 20.4 Å². The lowest BCUT2D eigenvalue weighted by Gasteiger charge is -2.35. The summed E-state index contributed by atoms with van der Waals surface area (Å²) in [6.45, 7) is 24.0. The summed E-state index contributed by atoms with van der Waals surface area (Å²) in [6, 6.07) is 0. The fourth-order valence-electron chi connectivity index (χ4n) is 3.44. The highest BCUT2D eigenvalue weighted by molar-refractivity contribution is 4.85. The molecule has 0 rings (SSSR count). The number of ether oxygens (including phenoxy) is 2. The normalized spacial score (nSPS) is 18.4. The van der Waals surface area contributed by atoms with Crippen LogP contribution in [0, 0.1) is 27.6 Å². The highest BCUT2D eigenvalue weighted by Crippen LogP contribution is 2.31. The van der Waals surface area contributed by atoms with E-state index < -0.39 is 35.2 Å². The number of hydrogen-bond donors (Lipinski definition) is 4. The van der Waals surface area contributed by atoms with Gasteiger partial charge in [0, 0.05) is 36.9 Å². The van der Waals surface area contributed by atoms with Crippen LogP contribution in [0.1, 0.15) is 102 Å². The summed E-state index contributed by atoms with van der Waals surface area (Å²) in [5.41, 5.74) is -1.36. The molecule has 6 nitrogen and oxygen atoms in total. The first-order valence-corrected chi connectivity index (χ1v) is 13.1. The van der Waals surface area contributed by atoms with Crippen LogP contribution in [-0.2, 0) is 9.47 Å². The lowest BCUT2D eigenvalue weighted by molar-refractivity contribution is -0.0667. The van der Waals surface area contributed by atoms with E-state index in [4.69, 9.17) is 9.47 Å². The van der Waals surface area contributed by atoms with E-state index in [1.807, 2.05) is 69.2 Å². The molecule has 0 aromatic rings. The summed E-state index contributed by atoms with van der Waals surface area (Å²) in [5.74, 6) is 0.372. The van der Waals surface area contributed by atoms with Crippen LogP contribution in [0.25, 0.3) is 0 Å². The molecule has 0 heterocycles. The lowest BCUT2D eigenvalue weighted by Crippen LogP contribution is -2.40. The average Bonchev–Trinajstić information content (AvgIpc) is 2.65. The second-order valence-corrected chi connectivity index (χ2v) is 14.1. The third-order valence-electron chi connectivity index (χ3n) is 7.03. The van der Waals surface area contributed by atoms with Gasteiger partial charge in [0.15, 0.2) is 0 Å². The van der Waals surface area contributed by atoms with E-state index in [0.29, 0.717) is 45.2 Å². The molecule has 0 aliphatic rings. The van der Waals surface area contributed by atoms with Gasteiger partial charge in [-0.3, -0.25) is 0 Å². The molecule has 0 aromatic carbocycles. The highest BCUT2D eigenvalue weighted by Gasteiger charge is 2.34. The maximum absolute atomic E-state index is 10.6. The Hall–Kier alpha value is -0.240. The Morgan fingerprint density at radius 1 is 0.588 bits per heavy atom. The molecular weight excluding hydrogens is 432 g/mol. The molecule has 0 aromatic heterocycles. The molecule has 0 bridgehead atoms. The van der Waals surface area contributed by atoms with Gasteiger partial charge in [0.25, 0.3) is 0 Å². The lowest BCUT2D eigenvalue weighted by atomic mass is 9.79. The Morgan fingerprint density at radius 3 is 1.35 bits per heavy atom. The number of aliphatic hydroxyl groups excluding tert-OH is 4. The van der Waals surface area contributed by atoms with Gasteiger partial charge >= 0.3 is 0 Å². The Labute approximate surface area is 210 Å². The van der Waals surface area contributed by atoms with Crippen LogP contribution in [0.15, 0.2) is 0 Å². The van der Waals surface area contributed by atoms with Crippen molar-refractivity contribution < 1.29 is 29.9 Å². The van der Waals surface area contributed by atoms with E-state index >= 15 is 0 Å². The van der Waals surface area contributed by atoms with Crippen molar-refractivity contribution in [3.05, 3.63) is 0 Å². The van der Waals surface area contributed by atoms with Crippen LogP contribution in [0.3, 0.4) is 0 Å². The van der Waals surface area contributed by atoms with Crippen molar-refractivity contribution in [1.82, 2.24) is 0 Å². The minimum atomic E-state index is -0.631. The third kappa shape index (κ3) is 13.2. The van der Waals surface area contributed by atoms with E-state index in [1.54, 1.807) is 0 Å². The predicted molar refractivity (Wildman–Crippen MR) is 140 cm³/mol. The topological polar surface area (TPSA) is 99.4 Å². The maximum Gasteiger partial charge on any atom is 0.0637 e. The molecule has 0 fully saturated rings. The number of aliphatic hydroxyl groups is 4. The highest BCUT2D eigenvalue weighted by atomic mass is 16.5. The van der Waals surface area contributed by atoms with Crippen LogP contribution in [0.4, 0.5) is 0 Å². The summed E-state index contributed by atoms with van der Waals surface area (Å²) in [7, 11) is 0. The van der Waals surface area contributed by atoms with E-state index in [2.05, 4.69) is 6.92 Å². The Balaban J connectivity index is 4.20. The molecule has 4 N–H and O–H groups in total. The largest absolute Gasteiger partial charge is 0.392 e. The second kappa shape index (κ2) is 13.9. The minimum Gasteiger partial charge on any atom is -0.392 e. The standard InChI is InChI=1S/C28H58O6/c1-20(17-34-19-28(10,11)24(32)16-22(30)26(5,6)7)13-12-14-33-18-27(8,9)23(31)15-21(29)25(2,3)4/h20-24,29-32H,12-19H2,1-11H3. The molecule has 0 aliphatic heterocycles. The van der Waals surface area contributed by atoms with Gasteiger partial charge in [-0.05, 0) is 29.6 Å². The van der Waals surface area contributed by atoms with Crippen molar-refractivity contribution in [3.63, 3.8) is 0 Å². The SMILES string of the molecule is CC(CCCOCC(C)(C)C(O)CC(O)C(C)(C)C)COCC(C)(C)C(O)CC(O)C(C)(C)C. The fourth-order valence-corrected chi connectivity index (χ4v) is 3.44. The summed E-state index contributed by atoms with van der Waals surface area (Å²) >= 11 is 0. The average molecular weight is 491 g/mol. The van der Waals surface area contributed by atoms with Gasteiger partial charge in [-0.1, -0.05) is 76.2 Å². The van der Waals surface area contributed by atoms with Gasteiger partial charge < -0.3 is 29.9 Å². The van der Waals surface area contributed by atoms with Crippen molar-refractivity contribution in [1.29, 1.82) is 0 Å². The van der Waals surface area contributed by atoms with Crippen LogP contribution in [0.5, 0.6) is 0 Å². The summed E-state index contributed by atoms with van der Waals surface area (Å²) in [6.07, 6.45) is 0.183. The van der Waals surface area contributed by atoms with Crippen LogP contribution < -0.4 is 0 Å². The number of hydrogen-bond acceptors (Lipinski definition) is 6. The molecular formula is C28H58O6. The van der Waals surface area contributed by atoms with Crippen molar-refractivity contribution in [2.45, 2.75) is 126 Å². The third-order valence-corrected chi connectivity index (χ3v) is 7.03. The van der Waals surface area contributed by atoms with Gasteiger partial charge in [0.05, 0.1) is 37.6 Å².